The highest BCUT2D eigenvalue weighted by atomic mass is 16.3. The third kappa shape index (κ3) is 1.66. The number of rotatable bonds is 2. The maximum absolute atomic E-state index is 9.56. The summed E-state index contributed by atoms with van der Waals surface area (Å²) in [5.41, 5.74) is 7.38. The smallest absolute Gasteiger partial charge is 0.162 e. The molecule has 0 spiro atoms. The quantitative estimate of drug-likeness (QED) is 0.526. The maximum Gasteiger partial charge on any atom is 0.162 e. The topological polar surface area (TPSA) is 86.7 Å². The van der Waals surface area contributed by atoms with E-state index in [9.17, 15) is 10.2 Å². The van der Waals surface area contributed by atoms with Crippen LogP contribution in [-0.2, 0) is 0 Å². The highest BCUT2D eigenvalue weighted by molar-refractivity contribution is 5.54. The molecule has 4 nitrogen and oxygen atoms in total. The second-order valence-electron chi connectivity index (χ2n) is 3.39. The van der Waals surface area contributed by atoms with Gasteiger partial charge in [-0.3, -0.25) is 0 Å². The van der Waals surface area contributed by atoms with Crippen molar-refractivity contribution in [1.29, 1.82) is 0 Å². The van der Waals surface area contributed by atoms with Gasteiger partial charge in [-0.05, 0) is 25.0 Å². The first-order valence-corrected chi connectivity index (χ1v) is 4.37. The fourth-order valence-electron chi connectivity index (χ4n) is 1.29. The van der Waals surface area contributed by atoms with Gasteiger partial charge >= 0.3 is 0 Å². The number of phenols is 2. The standard InChI is InChI=1S/C10H15NO3/c1-5-3-7(8(11)4-12)10(14)9(13)6(5)2/h3,8,12-14H,4,11H2,1-2H3. The van der Waals surface area contributed by atoms with Gasteiger partial charge < -0.3 is 21.1 Å². The normalized spacial score (nSPS) is 12.9. The van der Waals surface area contributed by atoms with E-state index in [1.54, 1.807) is 13.0 Å². The number of aliphatic hydroxyl groups excluding tert-OH is 1. The van der Waals surface area contributed by atoms with Crippen LogP contribution in [0.2, 0.25) is 0 Å². The van der Waals surface area contributed by atoms with Crippen LogP contribution in [0.3, 0.4) is 0 Å². The van der Waals surface area contributed by atoms with E-state index in [1.807, 2.05) is 6.92 Å². The van der Waals surface area contributed by atoms with Crippen LogP contribution in [-0.4, -0.2) is 21.9 Å². The summed E-state index contributed by atoms with van der Waals surface area (Å²) in [7, 11) is 0. The Labute approximate surface area is 82.6 Å². The number of aliphatic hydroxyl groups is 1. The van der Waals surface area contributed by atoms with Gasteiger partial charge in [-0.2, -0.15) is 0 Å². The predicted octanol–water partition coefficient (Wildman–Crippen LogP) is 0.707. The number of nitrogens with two attached hydrogens (primary N) is 1. The van der Waals surface area contributed by atoms with E-state index in [0.717, 1.165) is 5.56 Å². The van der Waals surface area contributed by atoms with E-state index in [2.05, 4.69) is 0 Å². The zero-order chi connectivity index (χ0) is 10.9. The van der Waals surface area contributed by atoms with Crippen molar-refractivity contribution in [3.8, 4) is 11.5 Å². The first kappa shape index (κ1) is 10.8. The minimum absolute atomic E-state index is 0.163. The van der Waals surface area contributed by atoms with E-state index in [1.165, 1.54) is 0 Å². The lowest BCUT2D eigenvalue weighted by molar-refractivity contribution is 0.264. The SMILES string of the molecule is Cc1cc(C(N)CO)c(O)c(O)c1C. The summed E-state index contributed by atoms with van der Waals surface area (Å²) in [4.78, 5) is 0. The summed E-state index contributed by atoms with van der Waals surface area (Å²) >= 11 is 0. The number of aryl methyl sites for hydroxylation is 1. The number of phenolic OH excluding ortho intramolecular Hbond substituents is 2. The number of benzene rings is 1. The molecule has 0 fully saturated rings. The first-order valence-electron chi connectivity index (χ1n) is 4.37. The van der Waals surface area contributed by atoms with Crippen molar-refractivity contribution in [3.05, 3.63) is 22.8 Å². The van der Waals surface area contributed by atoms with E-state index >= 15 is 0 Å². The second kappa shape index (κ2) is 3.86. The molecule has 0 aromatic heterocycles. The number of hydrogen-bond donors (Lipinski definition) is 4. The van der Waals surface area contributed by atoms with Gasteiger partial charge in [0.2, 0.25) is 0 Å². The summed E-state index contributed by atoms with van der Waals surface area (Å²) in [5, 5.41) is 27.9. The van der Waals surface area contributed by atoms with E-state index in [-0.39, 0.29) is 18.1 Å². The first-order chi connectivity index (χ1) is 6.49. The van der Waals surface area contributed by atoms with Crippen molar-refractivity contribution < 1.29 is 15.3 Å². The summed E-state index contributed by atoms with van der Waals surface area (Å²) < 4.78 is 0. The van der Waals surface area contributed by atoms with Crippen LogP contribution in [0.25, 0.3) is 0 Å². The van der Waals surface area contributed by atoms with Gasteiger partial charge in [0.25, 0.3) is 0 Å². The van der Waals surface area contributed by atoms with Crippen molar-refractivity contribution in [2.45, 2.75) is 19.9 Å². The van der Waals surface area contributed by atoms with Crippen molar-refractivity contribution in [3.63, 3.8) is 0 Å². The zero-order valence-corrected chi connectivity index (χ0v) is 8.28. The minimum Gasteiger partial charge on any atom is -0.504 e. The van der Waals surface area contributed by atoms with Gasteiger partial charge in [0.1, 0.15) is 0 Å². The molecule has 1 atom stereocenters. The van der Waals surface area contributed by atoms with Gasteiger partial charge in [0, 0.05) is 5.56 Å². The Morgan fingerprint density at radius 3 is 2.36 bits per heavy atom. The third-order valence-electron chi connectivity index (χ3n) is 2.41. The molecule has 1 rings (SSSR count). The molecule has 0 saturated carbocycles. The molecule has 0 saturated heterocycles. The van der Waals surface area contributed by atoms with Gasteiger partial charge in [-0.1, -0.05) is 6.07 Å². The van der Waals surface area contributed by atoms with Gasteiger partial charge in [0.15, 0.2) is 11.5 Å². The number of aromatic hydroxyl groups is 2. The molecule has 78 valence electrons. The van der Waals surface area contributed by atoms with Crippen LogP contribution in [0.5, 0.6) is 11.5 Å². The van der Waals surface area contributed by atoms with Crippen molar-refractivity contribution in [2.24, 2.45) is 5.73 Å². The lowest BCUT2D eigenvalue weighted by atomic mass is 9.99. The largest absolute Gasteiger partial charge is 0.504 e. The molecule has 5 N–H and O–H groups in total. The lowest BCUT2D eigenvalue weighted by Crippen LogP contribution is -2.15. The molecule has 0 aliphatic rings. The Morgan fingerprint density at radius 1 is 1.29 bits per heavy atom. The van der Waals surface area contributed by atoms with Crippen LogP contribution >= 0.6 is 0 Å². The molecule has 1 unspecified atom stereocenters. The van der Waals surface area contributed by atoms with Crippen LogP contribution in [0.15, 0.2) is 6.07 Å². The molecule has 1 aromatic rings. The Bertz CT molecular complexity index is 350. The predicted molar refractivity (Wildman–Crippen MR) is 53.3 cm³/mol. The Hall–Kier alpha value is -1.26. The Kier molecular flexibility index (Phi) is 2.98. The van der Waals surface area contributed by atoms with Crippen LogP contribution < -0.4 is 5.73 Å². The van der Waals surface area contributed by atoms with Crippen LogP contribution in [0.4, 0.5) is 0 Å². The van der Waals surface area contributed by atoms with Crippen molar-refractivity contribution in [2.75, 3.05) is 6.61 Å². The monoisotopic (exact) mass is 197 g/mol. The summed E-state index contributed by atoms with van der Waals surface area (Å²) in [5.74, 6) is -0.404. The highest BCUT2D eigenvalue weighted by Crippen LogP contribution is 2.36. The molecule has 0 aliphatic carbocycles. The second-order valence-corrected chi connectivity index (χ2v) is 3.39. The molecule has 0 amide bonds. The Balaban J connectivity index is 3.33. The molecule has 0 bridgehead atoms. The van der Waals surface area contributed by atoms with Crippen LogP contribution in [0.1, 0.15) is 22.7 Å². The zero-order valence-electron chi connectivity index (χ0n) is 8.28. The van der Waals surface area contributed by atoms with Crippen molar-refractivity contribution in [1.82, 2.24) is 0 Å². The fraction of sp³-hybridized carbons (Fsp3) is 0.400. The molecular formula is C10H15NO3. The summed E-state index contributed by atoms with van der Waals surface area (Å²) in [6.07, 6.45) is 0. The average Bonchev–Trinajstić information content (AvgIpc) is 2.19. The summed E-state index contributed by atoms with van der Waals surface area (Å²) in [6.45, 7) is 3.25. The number of hydrogen-bond acceptors (Lipinski definition) is 4. The fourth-order valence-corrected chi connectivity index (χ4v) is 1.29. The van der Waals surface area contributed by atoms with Crippen molar-refractivity contribution >= 4 is 0 Å². The molecule has 14 heavy (non-hydrogen) atoms. The lowest BCUT2D eigenvalue weighted by Gasteiger charge is -2.15. The van der Waals surface area contributed by atoms with E-state index < -0.39 is 6.04 Å². The Morgan fingerprint density at radius 2 is 1.86 bits per heavy atom. The summed E-state index contributed by atoms with van der Waals surface area (Å²) in [6, 6.07) is 1.01. The average molecular weight is 197 g/mol. The van der Waals surface area contributed by atoms with E-state index in [4.69, 9.17) is 10.8 Å². The molecule has 1 aromatic carbocycles. The van der Waals surface area contributed by atoms with Crippen LogP contribution in [0, 0.1) is 13.8 Å². The molecule has 0 aliphatic heterocycles. The van der Waals surface area contributed by atoms with Gasteiger partial charge in [0.05, 0.1) is 12.6 Å². The molecule has 0 heterocycles. The molecule has 0 radical (unpaired) electrons. The maximum atomic E-state index is 9.56. The highest BCUT2D eigenvalue weighted by Gasteiger charge is 2.16. The molecule has 4 heteroatoms. The van der Waals surface area contributed by atoms with Gasteiger partial charge in [-0.15, -0.1) is 0 Å². The van der Waals surface area contributed by atoms with E-state index in [0.29, 0.717) is 11.1 Å². The minimum atomic E-state index is -0.666. The third-order valence-corrected chi connectivity index (χ3v) is 2.41. The van der Waals surface area contributed by atoms with Gasteiger partial charge in [-0.25, -0.2) is 0 Å². The molecular weight excluding hydrogens is 182 g/mol.